The fourth-order valence-electron chi connectivity index (χ4n) is 7.60. The monoisotopic (exact) mass is 855 g/mol. The standard InChI is InChI=1S/C21H26ClN7OS.C19H28N2O5S/c1-13-9-17-16(11-29(13)18-10-19(22)27-20-15(18)3-6-24-20)21(26-12-25-17)28-7-4-14(5-8-28)31(2,23)30;1-19(2,3)26-18(23)21-12-10-16(11-13-21)27(4,24)20-17(22)25-14-15-8-6-5-7-9-15/h3,6,10,12-14,23H,4-5,7-9,11H2,1-2H3,(H,24,27);5-9,16H,10-14H2,1-4H3/t13-,31?;/m1./s1. The summed E-state index contributed by atoms with van der Waals surface area (Å²) in [4.78, 5) is 47.1. The van der Waals surface area contributed by atoms with Gasteiger partial charge in [0.1, 0.15) is 35.2 Å². The van der Waals surface area contributed by atoms with Crippen molar-refractivity contribution in [3.63, 3.8) is 0 Å². The summed E-state index contributed by atoms with van der Waals surface area (Å²) in [6.45, 7) is 10.8. The van der Waals surface area contributed by atoms with Crippen molar-refractivity contribution in [2.24, 2.45) is 4.36 Å². The third-order valence-corrected chi connectivity index (χ3v) is 14.9. The molecular formula is C40H54ClN9O6S2. The van der Waals surface area contributed by atoms with E-state index in [0.717, 1.165) is 71.7 Å². The molecule has 2 amide bonds. The number of carbonyl (C=O) groups is 2. The van der Waals surface area contributed by atoms with Gasteiger partial charge in [0, 0.05) is 95.1 Å². The smallest absolute Gasteiger partial charge is 0.442 e. The third kappa shape index (κ3) is 10.8. The van der Waals surface area contributed by atoms with Crippen LogP contribution in [0.2, 0.25) is 5.15 Å². The number of rotatable bonds is 6. The molecule has 3 aliphatic rings. The van der Waals surface area contributed by atoms with E-state index in [9.17, 15) is 18.0 Å². The van der Waals surface area contributed by atoms with Gasteiger partial charge >= 0.3 is 12.2 Å². The Morgan fingerprint density at radius 3 is 2.33 bits per heavy atom. The van der Waals surface area contributed by atoms with Gasteiger partial charge in [0.15, 0.2) is 0 Å². The quantitative estimate of drug-likeness (QED) is 0.184. The molecule has 15 nitrogen and oxygen atoms in total. The number of fused-ring (bicyclic) bond motifs is 2. The molecular weight excluding hydrogens is 802 g/mol. The number of benzene rings is 1. The van der Waals surface area contributed by atoms with Crippen LogP contribution in [0.15, 0.2) is 59.4 Å². The van der Waals surface area contributed by atoms with Gasteiger partial charge in [0.05, 0.1) is 21.1 Å². The SMILES string of the molecule is CC(C)(C)OC(=O)N1CCC(S(C)(=O)=NC(=O)OCc2ccccc2)CC1.C[C@@H]1Cc2ncnc(N3CCC(S(C)(=N)=O)CC3)c2CN1c1cc(Cl)nc2[nH]ccc12. The van der Waals surface area contributed by atoms with Crippen LogP contribution in [0.3, 0.4) is 0 Å². The van der Waals surface area contributed by atoms with Crippen LogP contribution in [-0.4, -0.2) is 106 Å². The Morgan fingerprint density at radius 2 is 1.67 bits per heavy atom. The minimum absolute atomic E-state index is 0.0428. The molecule has 314 valence electrons. The van der Waals surface area contributed by atoms with Gasteiger partial charge in [0.25, 0.3) is 0 Å². The Morgan fingerprint density at radius 1 is 1.00 bits per heavy atom. The fourth-order valence-corrected chi connectivity index (χ4v) is 10.5. The summed E-state index contributed by atoms with van der Waals surface area (Å²) in [6, 6.07) is 13.5. The lowest BCUT2D eigenvalue weighted by atomic mass is 9.98. The lowest BCUT2D eigenvalue weighted by Crippen LogP contribution is -2.44. The maximum absolute atomic E-state index is 12.9. The second kappa shape index (κ2) is 17.8. The molecule has 7 rings (SSSR count). The third-order valence-electron chi connectivity index (χ3n) is 10.7. The van der Waals surface area contributed by atoms with Crippen molar-refractivity contribution >= 4 is 65.8 Å². The van der Waals surface area contributed by atoms with E-state index in [-0.39, 0.29) is 29.2 Å². The topological polar surface area (TPSA) is 187 Å². The summed E-state index contributed by atoms with van der Waals surface area (Å²) in [7, 11) is -5.26. The highest BCUT2D eigenvalue weighted by molar-refractivity contribution is 7.93. The lowest BCUT2D eigenvalue weighted by Gasteiger charge is -2.39. The number of piperidine rings is 2. The van der Waals surface area contributed by atoms with Gasteiger partial charge in [-0.25, -0.2) is 33.0 Å². The molecule has 58 heavy (non-hydrogen) atoms. The second-order valence-corrected chi connectivity index (χ2v) is 21.7. The number of hydrogen-bond donors (Lipinski definition) is 2. The highest BCUT2D eigenvalue weighted by Crippen LogP contribution is 2.37. The number of likely N-dealkylation sites (tertiary alicyclic amines) is 1. The second-order valence-electron chi connectivity index (χ2n) is 16.3. The van der Waals surface area contributed by atoms with Crippen LogP contribution in [0, 0.1) is 4.78 Å². The zero-order chi connectivity index (χ0) is 41.8. The van der Waals surface area contributed by atoms with E-state index in [1.54, 1.807) is 17.5 Å². The molecule has 0 bridgehead atoms. The summed E-state index contributed by atoms with van der Waals surface area (Å²) in [5, 5.41) is 1.21. The average Bonchev–Trinajstić information content (AvgIpc) is 3.64. The first-order valence-electron chi connectivity index (χ1n) is 19.5. The number of hydrogen-bond acceptors (Lipinski definition) is 12. The van der Waals surface area contributed by atoms with Gasteiger partial charge in [-0.1, -0.05) is 41.9 Å². The molecule has 0 spiro atoms. The maximum Gasteiger partial charge on any atom is 0.442 e. The summed E-state index contributed by atoms with van der Waals surface area (Å²) in [5.41, 5.74) is 4.35. The Balaban J connectivity index is 0.000000198. The molecule has 1 aromatic carbocycles. The van der Waals surface area contributed by atoms with Crippen LogP contribution in [0.4, 0.5) is 21.1 Å². The van der Waals surface area contributed by atoms with Crippen LogP contribution in [0.1, 0.15) is 70.2 Å². The number of halogens is 1. The number of pyridine rings is 1. The molecule has 18 heteroatoms. The molecule has 3 atom stereocenters. The van der Waals surface area contributed by atoms with E-state index < -0.39 is 31.2 Å². The van der Waals surface area contributed by atoms with Crippen molar-refractivity contribution in [3.05, 3.63) is 77.0 Å². The van der Waals surface area contributed by atoms with Gasteiger partial charge in [-0.2, -0.15) is 0 Å². The molecule has 4 aromatic rings. The molecule has 2 N–H and O–H groups in total. The zero-order valence-corrected chi connectivity index (χ0v) is 36.4. The van der Waals surface area contributed by atoms with Gasteiger partial charge < -0.3 is 29.2 Å². The van der Waals surface area contributed by atoms with E-state index in [4.69, 9.17) is 25.9 Å². The highest BCUT2D eigenvalue weighted by Gasteiger charge is 2.33. The Kier molecular flexibility index (Phi) is 13.2. The number of aromatic nitrogens is 4. The molecule has 0 radical (unpaired) electrons. The number of nitrogens with zero attached hydrogens (tertiary/aromatic N) is 7. The van der Waals surface area contributed by atoms with Gasteiger partial charge in [-0.3, -0.25) is 4.78 Å². The summed E-state index contributed by atoms with van der Waals surface area (Å²) in [5.74, 6) is 0.957. The first kappa shape index (κ1) is 43.1. The number of carbonyl (C=O) groups excluding carboxylic acids is 2. The maximum atomic E-state index is 12.9. The molecule has 0 saturated carbocycles. The van der Waals surface area contributed by atoms with Crippen LogP contribution in [0.5, 0.6) is 0 Å². The van der Waals surface area contributed by atoms with E-state index in [1.165, 1.54) is 6.26 Å². The van der Waals surface area contributed by atoms with E-state index in [2.05, 4.69) is 41.0 Å². The number of amides is 2. The van der Waals surface area contributed by atoms with Crippen molar-refractivity contribution in [1.29, 1.82) is 4.78 Å². The Bertz CT molecular complexity index is 2330. The number of anilines is 2. The van der Waals surface area contributed by atoms with Crippen LogP contribution in [0.25, 0.3) is 11.0 Å². The normalized spacial score (nSPS) is 19.9. The van der Waals surface area contributed by atoms with E-state index >= 15 is 0 Å². The number of aromatic amines is 1. The van der Waals surface area contributed by atoms with Gasteiger partial charge in [0.2, 0.25) is 0 Å². The summed E-state index contributed by atoms with van der Waals surface area (Å²) < 4.78 is 47.2. The van der Waals surface area contributed by atoms with E-state index in [0.29, 0.717) is 37.6 Å². The number of ether oxygens (including phenoxy) is 2. The van der Waals surface area contributed by atoms with Crippen LogP contribution >= 0.6 is 11.6 Å². The molecule has 3 aromatic heterocycles. The summed E-state index contributed by atoms with van der Waals surface area (Å²) in [6.07, 6.45) is 8.72. The predicted molar refractivity (Wildman–Crippen MR) is 228 cm³/mol. The van der Waals surface area contributed by atoms with Crippen molar-refractivity contribution in [2.45, 2.75) is 95.1 Å². The number of nitrogens with one attached hydrogen (secondary N) is 2. The largest absolute Gasteiger partial charge is 0.444 e. The average molecular weight is 857 g/mol. The minimum Gasteiger partial charge on any atom is -0.444 e. The van der Waals surface area contributed by atoms with Crippen molar-refractivity contribution < 1.29 is 27.5 Å². The zero-order valence-electron chi connectivity index (χ0n) is 34.0. The molecule has 2 fully saturated rings. The van der Waals surface area contributed by atoms with Gasteiger partial charge in [-0.05, 0) is 71.1 Å². The molecule has 3 aliphatic heterocycles. The first-order valence-corrected chi connectivity index (χ1v) is 23.9. The van der Waals surface area contributed by atoms with Crippen molar-refractivity contribution in [2.75, 3.05) is 48.5 Å². The first-order chi connectivity index (χ1) is 27.4. The summed E-state index contributed by atoms with van der Waals surface area (Å²) >= 11 is 6.32. The van der Waals surface area contributed by atoms with Gasteiger partial charge in [-0.15, -0.1) is 4.36 Å². The molecule has 0 aliphatic carbocycles. The molecule has 6 heterocycles. The van der Waals surface area contributed by atoms with Crippen LogP contribution < -0.4 is 9.80 Å². The predicted octanol–water partition coefficient (Wildman–Crippen LogP) is 7.42. The van der Waals surface area contributed by atoms with Crippen LogP contribution in [-0.2, 0) is 48.5 Å². The van der Waals surface area contributed by atoms with Crippen molar-refractivity contribution in [3.8, 4) is 0 Å². The molecule has 2 saturated heterocycles. The lowest BCUT2D eigenvalue weighted by molar-refractivity contribution is 0.0218. The molecule has 2 unspecified atom stereocenters. The minimum atomic E-state index is -2.75. The Hall–Kier alpha value is -4.48. The highest BCUT2D eigenvalue weighted by atomic mass is 35.5. The van der Waals surface area contributed by atoms with E-state index in [1.807, 2.05) is 69.4 Å². The van der Waals surface area contributed by atoms with Crippen molar-refractivity contribution in [1.82, 2.24) is 24.8 Å². The fraction of sp³-hybridized carbons (Fsp3) is 0.525. The number of H-pyrrole nitrogens is 1. The Labute approximate surface area is 346 Å².